The van der Waals surface area contributed by atoms with Crippen molar-refractivity contribution in [3.05, 3.63) is 47.5 Å². The molecule has 1 N–H and O–H groups in total. The molecule has 0 aliphatic heterocycles. The summed E-state index contributed by atoms with van der Waals surface area (Å²) in [6, 6.07) is 8.94. The summed E-state index contributed by atoms with van der Waals surface area (Å²) >= 11 is 0. The van der Waals surface area contributed by atoms with Crippen LogP contribution < -0.4 is 10.2 Å². The lowest BCUT2D eigenvalue weighted by molar-refractivity contribution is 0.529. The van der Waals surface area contributed by atoms with Crippen molar-refractivity contribution in [3.63, 3.8) is 0 Å². The number of nitrogens with zero attached hydrogens (tertiary/aromatic N) is 2. The van der Waals surface area contributed by atoms with Gasteiger partial charge in [0.2, 0.25) is 0 Å². The third kappa shape index (κ3) is 3.20. The molecule has 0 saturated heterocycles. The van der Waals surface area contributed by atoms with E-state index in [0.717, 1.165) is 30.4 Å². The Morgan fingerprint density at radius 1 is 1.35 bits per heavy atom. The van der Waals surface area contributed by atoms with Gasteiger partial charge in [-0.05, 0) is 38.0 Å². The van der Waals surface area contributed by atoms with Gasteiger partial charge in [-0.1, -0.05) is 6.07 Å². The summed E-state index contributed by atoms with van der Waals surface area (Å²) in [6.45, 7) is 3.67. The number of aromatic nitrogens is 1. The molecule has 4 nitrogen and oxygen atoms in total. The molecule has 106 valence electrons. The van der Waals surface area contributed by atoms with Crippen molar-refractivity contribution in [1.29, 1.82) is 0 Å². The average Bonchev–Trinajstić information content (AvgIpc) is 3.21. The Balaban J connectivity index is 1.65. The van der Waals surface area contributed by atoms with E-state index in [1.807, 2.05) is 13.0 Å². The highest BCUT2D eigenvalue weighted by atomic mass is 16.3. The standard InChI is InChI=1S/C16H21N3O/c1-12-13(8-9-20-12)11-19(2)16-5-3-4-15(18-16)10-17-14-6-7-14/h3-5,8-9,14,17H,6-7,10-11H2,1-2H3. The summed E-state index contributed by atoms with van der Waals surface area (Å²) in [7, 11) is 2.06. The zero-order valence-electron chi connectivity index (χ0n) is 12.1. The second-order valence-electron chi connectivity index (χ2n) is 5.50. The summed E-state index contributed by atoms with van der Waals surface area (Å²) in [6.07, 6.45) is 4.35. The first-order chi connectivity index (χ1) is 9.72. The first-order valence-electron chi connectivity index (χ1n) is 7.16. The van der Waals surface area contributed by atoms with Crippen molar-refractivity contribution in [2.45, 2.75) is 38.9 Å². The molecule has 4 heteroatoms. The molecule has 0 radical (unpaired) electrons. The van der Waals surface area contributed by atoms with E-state index in [9.17, 15) is 0 Å². The molecule has 0 atom stereocenters. The quantitative estimate of drug-likeness (QED) is 0.877. The van der Waals surface area contributed by atoms with Crippen molar-refractivity contribution in [2.75, 3.05) is 11.9 Å². The molecule has 0 spiro atoms. The molecule has 2 heterocycles. The molecule has 2 aromatic heterocycles. The first kappa shape index (κ1) is 13.2. The Morgan fingerprint density at radius 2 is 2.20 bits per heavy atom. The SMILES string of the molecule is Cc1occc1CN(C)c1cccc(CNC2CC2)n1. The highest BCUT2D eigenvalue weighted by Crippen LogP contribution is 2.20. The largest absolute Gasteiger partial charge is 0.469 e. The molecule has 0 bridgehead atoms. The summed E-state index contributed by atoms with van der Waals surface area (Å²) in [5.41, 5.74) is 2.31. The topological polar surface area (TPSA) is 41.3 Å². The maximum Gasteiger partial charge on any atom is 0.128 e. The molecule has 20 heavy (non-hydrogen) atoms. The third-order valence-electron chi connectivity index (χ3n) is 3.71. The molecule has 0 amide bonds. The van der Waals surface area contributed by atoms with Gasteiger partial charge in [0, 0.05) is 31.7 Å². The van der Waals surface area contributed by atoms with Crippen molar-refractivity contribution in [1.82, 2.24) is 10.3 Å². The van der Waals surface area contributed by atoms with Gasteiger partial charge < -0.3 is 14.6 Å². The first-order valence-corrected chi connectivity index (χ1v) is 7.16. The van der Waals surface area contributed by atoms with Crippen LogP contribution >= 0.6 is 0 Å². The average molecular weight is 271 g/mol. The number of rotatable bonds is 6. The lowest BCUT2D eigenvalue weighted by atomic mass is 10.2. The van der Waals surface area contributed by atoms with Gasteiger partial charge in [-0.25, -0.2) is 4.98 Å². The number of aryl methyl sites for hydroxylation is 1. The molecule has 1 aliphatic rings. The minimum Gasteiger partial charge on any atom is -0.469 e. The maximum atomic E-state index is 5.34. The van der Waals surface area contributed by atoms with Gasteiger partial charge in [0.05, 0.1) is 12.0 Å². The summed E-state index contributed by atoms with van der Waals surface area (Å²) < 4.78 is 5.34. The lowest BCUT2D eigenvalue weighted by Crippen LogP contribution is -2.20. The Hall–Kier alpha value is -1.81. The molecular formula is C16H21N3O. The van der Waals surface area contributed by atoms with Gasteiger partial charge in [0.15, 0.2) is 0 Å². The van der Waals surface area contributed by atoms with E-state index >= 15 is 0 Å². The van der Waals surface area contributed by atoms with Crippen LogP contribution in [0.3, 0.4) is 0 Å². The van der Waals surface area contributed by atoms with Crippen molar-refractivity contribution >= 4 is 5.82 Å². The number of hydrogen-bond donors (Lipinski definition) is 1. The van der Waals surface area contributed by atoms with E-state index < -0.39 is 0 Å². The predicted molar refractivity (Wildman–Crippen MR) is 79.7 cm³/mol. The van der Waals surface area contributed by atoms with Crippen LogP contribution in [0.2, 0.25) is 0 Å². The van der Waals surface area contributed by atoms with Gasteiger partial charge in [-0.3, -0.25) is 0 Å². The Morgan fingerprint density at radius 3 is 2.90 bits per heavy atom. The molecule has 1 aliphatic carbocycles. The second-order valence-corrected chi connectivity index (χ2v) is 5.50. The zero-order chi connectivity index (χ0) is 13.9. The molecule has 2 aromatic rings. The fraction of sp³-hybridized carbons (Fsp3) is 0.438. The number of nitrogens with one attached hydrogen (secondary N) is 1. The molecule has 0 aromatic carbocycles. The molecular weight excluding hydrogens is 250 g/mol. The maximum absolute atomic E-state index is 5.34. The van der Waals surface area contributed by atoms with Gasteiger partial charge in [-0.2, -0.15) is 0 Å². The van der Waals surface area contributed by atoms with E-state index in [1.54, 1.807) is 6.26 Å². The third-order valence-corrected chi connectivity index (χ3v) is 3.71. The zero-order valence-corrected chi connectivity index (χ0v) is 12.1. The van der Waals surface area contributed by atoms with Crippen LogP contribution in [0.4, 0.5) is 5.82 Å². The van der Waals surface area contributed by atoms with E-state index in [1.165, 1.54) is 18.4 Å². The molecule has 1 saturated carbocycles. The fourth-order valence-electron chi connectivity index (χ4n) is 2.23. The minimum atomic E-state index is 0.715. The Kier molecular flexibility index (Phi) is 3.74. The molecule has 1 fully saturated rings. The Bertz CT molecular complexity index is 575. The van der Waals surface area contributed by atoms with Crippen LogP contribution in [0, 0.1) is 6.92 Å². The van der Waals surface area contributed by atoms with Gasteiger partial charge in [-0.15, -0.1) is 0 Å². The van der Waals surface area contributed by atoms with Crippen LogP contribution in [-0.2, 0) is 13.1 Å². The van der Waals surface area contributed by atoms with Crippen molar-refractivity contribution in [2.24, 2.45) is 0 Å². The molecule has 3 rings (SSSR count). The number of anilines is 1. The van der Waals surface area contributed by atoms with E-state index in [0.29, 0.717) is 6.04 Å². The monoisotopic (exact) mass is 271 g/mol. The predicted octanol–water partition coefficient (Wildman–Crippen LogP) is 2.87. The fourth-order valence-corrected chi connectivity index (χ4v) is 2.23. The van der Waals surface area contributed by atoms with Crippen molar-refractivity contribution in [3.8, 4) is 0 Å². The number of pyridine rings is 1. The van der Waals surface area contributed by atoms with Crippen LogP contribution in [0.5, 0.6) is 0 Å². The highest BCUT2D eigenvalue weighted by Gasteiger charge is 2.20. The minimum absolute atomic E-state index is 0.715. The van der Waals surface area contributed by atoms with E-state index in [4.69, 9.17) is 9.40 Å². The van der Waals surface area contributed by atoms with E-state index in [2.05, 4.69) is 35.5 Å². The normalized spacial score (nSPS) is 14.5. The smallest absolute Gasteiger partial charge is 0.128 e. The highest BCUT2D eigenvalue weighted by molar-refractivity contribution is 5.39. The second kappa shape index (κ2) is 5.67. The van der Waals surface area contributed by atoms with Crippen LogP contribution in [0.25, 0.3) is 0 Å². The number of furan rings is 1. The summed E-state index contributed by atoms with van der Waals surface area (Å²) in [5, 5.41) is 3.50. The lowest BCUT2D eigenvalue weighted by Gasteiger charge is -2.18. The van der Waals surface area contributed by atoms with E-state index in [-0.39, 0.29) is 0 Å². The summed E-state index contributed by atoms with van der Waals surface area (Å²) in [5.74, 6) is 1.98. The van der Waals surface area contributed by atoms with Gasteiger partial charge in [0.1, 0.15) is 11.6 Å². The van der Waals surface area contributed by atoms with Crippen LogP contribution in [0.15, 0.2) is 34.9 Å². The van der Waals surface area contributed by atoms with Crippen LogP contribution in [-0.4, -0.2) is 18.1 Å². The van der Waals surface area contributed by atoms with Crippen molar-refractivity contribution < 1.29 is 4.42 Å². The van der Waals surface area contributed by atoms with Gasteiger partial charge in [0.25, 0.3) is 0 Å². The summed E-state index contributed by atoms with van der Waals surface area (Å²) in [4.78, 5) is 6.87. The van der Waals surface area contributed by atoms with Crippen LogP contribution in [0.1, 0.15) is 29.9 Å². The molecule has 0 unspecified atom stereocenters. The van der Waals surface area contributed by atoms with Gasteiger partial charge >= 0.3 is 0 Å². The number of hydrogen-bond acceptors (Lipinski definition) is 4. The Labute approximate surface area is 119 Å².